The van der Waals surface area contributed by atoms with Crippen molar-refractivity contribution in [3.05, 3.63) is 0 Å². The van der Waals surface area contributed by atoms with Gasteiger partial charge in [-0.1, -0.05) is 19.3 Å². The van der Waals surface area contributed by atoms with Crippen LogP contribution in [0.1, 0.15) is 46.0 Å². The summed E-state index contributed by atoms with van der Waals surface area (Å²) >= 11 is 1.44. The third-order valence-electron chi connectivity index (χ3n) is 4.90. The molecule has 3 N–H and O–H groups in total. The van der Waals surface area contributed by atoms with E-state index < -0.39 is 22.8 Å². The molecule has 2 heterocycles. The summed E-state index contributed by atoms with van der Waals surface area (Å²) < 4.78 is -0.567. The summed E-state index contributed by atoms with van der Waals surface area (Å²) in [6.07, 6.45) is 5.40. The van der Waals surface area contributed by atoms with E-state index in [4.69, 9.17) is 0 Å². The Morgan fingerprint density at radius 2 is 1.87 bits per heavy atom. The summed E-state index contributed by atoms with van der Waals surface area (Å²) in [5.41, 5.74) is 0. The lowest BCUT2D eigenvalue weighted by molar-refractivity contribution is -0.159. The number of nitrogens with zero attached hydrogens (tertiary/aromatic N) is 1. The molecule has 0 unspecified atom stereocenters. The van der Waals surface area contributed by atoms with Gasteiger partial charge in [0, 0.05) is 10.8 Å². The van der Waals surface area contributed by atoms with Crippen LogP contribution in [0.4, 0.5) is 4.79 Å². The molecule has 0 aromatic carbocycles. The molecule has 3 atom stereocenters. The molecular weight excluding hydrogens is 318 g/mol. The number of fused-ring (bicyclic) bond motifs is 1. The number of urea groups is 1. The molecule has 2 saturated heterocycles. The van der Waals surface area contributed by atoms with E-state index in [9.17, 15) is 19.5 Å². The number of carboxylic acid groups (broad SMARTS) is 1. The summed E-state index contributed by atoms with van der Waals surface area (Å²) in [5.74, 6) is -1.30. The molecule has 23 heavy (non-hydrogen) atoms. The maximum absolute atomic E-state index is 12.3. The van der Waals surface area contributed by atoms with Gasteiger partial charge in [-0.25, -0.2) is 9.59 Å². The van der Waals surface area contributed by atoms with Crippen LogP contribution in [0.2, 0.25) is 0 Å². The molecule has 3 aliphatic rings. The SMILES string of the molecule is CC1(C)S[C@@H]2[C@H](NC(=O)NC3CCCCC3)C(=O)N2[C@H]1C(=O)O. The fourth-order valence-corrected chi connectivity index (χ4v) is 5.39. The third kappa shape index (κ3) is 2.88. The molecule has 8 heteroatoms. The summed E-state index contributed by atoms with van der Waals surface area (Å²) in [6.45, 7) is 3.64. The maximum Gasteiger partial charge on any atom is 0.327 e. The van der Waals surface area contributed by atoms with Crippen LogP contribution in [0, 0.1) is 0 Å². The van der Waals surface area contributed by atoms with Crippen LogP contribution >= 0.6 is 11.8 Å². The van der Waals surface area contributed by atoms with Crippen LogP contribution in [0.25, 0.3) is 0 Å². The largest absolute Gasteiger partial charge is 0.480 e. The quantitative estimate of drug-likeness (QED) is 0.669. The molecule has 1 saturated carbocycles. The van der Waals surface area contributed by atoms with E-state index in [0.29, 0.717) is 0 Å². The minimum Gasteiger partial charge on any atom is -0.480 e. The van der Waals surface area contributed by atoms with Crippen molar-refractivity contribution < 1.29 is 19.5 Å². The second-order valence-corrected chi connectivity index (χ2v) is 8.80. The zero-order chi connectivity index (χ0) is 16.8. The Balaban J connectivity index is 1.59. The van der Waals surface area contributed by atoms with Crippen LogP contribution in [0.3, 0.4) is 0 Å². The van der Waals surface area contributed by atoms with Gasteiger partial charge in [-0.3, -0.25) is 4.79 Å². The first-order valence-electron chi connectivity index (χ1n) is 8.11. The minimum atomic E-state index is -0.997. The molecule has 0 aromatic heterocycles. The van der Waals surface area contributed by atoms with Crippen molar-refractivity contribution in [2.75, 3.05) is 0 Å². The van der Waals surface area contributed by atoms with E-state index in [-0.39, 0.29) is 23.4 Å². The number of carbonyl (C=O) groups excluding carboxylic acids is 2. The lowest BCUT2D eigenvalue weighted by Crippen LogP contribution is -2.71. The molecule has 1 aliphatic carbocycles. The van der Waals surface area contributed by atoms with E-state index in [1.165, 1.54) is 23.1 Å². The van der Waals surface area contributed by atoms with Crippen LogP contribution in [-0.4, -0.2) is 56.2 Å². The van der Waals surface area contributed by atoms with Gasteiger partial charge in [-0.05, 0) is 26.7 Å². The molecule has 0 bridgehead atoms. The van der Waals surface area contributed by atoms with Crippen LogP contribution in [0.15, 0.2) is 0 Å². The van der Waals surface area contributed by atoms with Crippen molar-refractivity contribution >= 4 is 29.7 Å². The third-order valence-corrected chi connectivity index (χ3v) is 6.47. The smallest absolute Gasteiger partial charge is 0.327 e. The molecule has 3 rings (SSSR count). The number of nitrogens with one attached hydrogen (secondary N) is 2. The van der Waals surface area contributed by atoms with Crippen molar-refractivity contribution in [3.63, 3.8) is 0 Å². The van der Waals surface area contributed by atoms with Gasteiger partial charge in [0.15, 0.2) is 0 Å². The molecule has 0 aromatic rings. The van der Waals surface area contributed by atoms with E-state index >= 15 is 0 Å². The second kappa shape index (κ2) is 5.89. The van der Waals surface area contributed by atoms with Gasteiger partial charge < -0.3 is 20.6 Å². The van der Waals surface area contributed by atoms with E-state index in [0.717, 1.165) is 25.7 Å². The standard InChI is InChI=1S/C15H23N3O4S/c1-15(2)10(13(20)21)18-11(19)9(12(18)23-15)17-14(22)16-8-6-4-3-5-7-8/h8-10,12H,3-7H2,1-2H3,(H,20,21)(H2,16,17,22)/t9-,10+,12-/m1/s1. The molecule has 0 spiro atoms. The summed E-state index contributed by atoms with van der Waals surface area (Å²) in [7, 11) is 0. The highest BCUT2D eigenvalue weighted by Gasteiger charge is 2.64. The van der Waals surface area contributed by atoms with Gasteiger partial charge in [0.2, 0.25) is 5.91 Å². The summed E-state index contributed by atoms with van der Waals surface area (Å²) in [4.78, 5) is 37.2. The van der Waals surface area contributed by atoms with Crippen molar-refractivity contribution in [1.29, 1.82) is 0 Å². The number of thioether (sulfide) groups is 1. The Bertz CT molecular complexity index is 533. The number of β-lactam (4-membered cyclic amide) rings is 1. The van der Waals surface area contributed by atoms with Crippen molar-refractivity contribution in [2.45, 2.75) is 74.2 Å². The Morgan fingerprint density at radius 1 is 1.22 bits per heavy atom. The van der Waals surface area contributed by atoms with Gasteiger partial charge in [-0.15, -0.1) is 11.8 Å². The molecule has 3 fully saturated rings. The fourth-order valence-electron chi connectivity index (χ4n) is 3.76. The Labute approximate surface area is 139 Å². The van der Waals surface area contributed by atoms with Gasteiger partial charge in [0.25, 0.3) is 0 Å². The number of aliphatic carboxylic acids is 1. The zero-order valence-corrected chi connectivity index (χ0v) is 14.2. The first-order valence-corrected chi connectivity index (χ1v) is 8.99. The number of rotatable bonds is 3. The average Bonchev–Trinajstić information content (AvgIpc) is 2.74. The fraction of sp³-hybridized carbons (Fsp3) is 0.800. The maximum atomic E-state index is 12.3. The first-order chi connectivity index (χ1) is 10.8. The Kier molecular flexibility index (Phi) is 4.20. The van der Waals surface area contributed by atoms with Crippen molar-refractivity contribution in [1.82, 2.24) is 15.5 Å². The molecule has 3 amide bonds. The highest BCUT2D eigenvalue weighted by molar-refractivity contribution is 8.01. The predicted octanol–water partition coefficient (Wildman–Crippen LogP) is 1.13. The Hall–Kier alpha value is -1.44. The van der Waals surface area contributed by atoms with E-state index in [1.807, 2.05) is 13.8 Å². The van der Waals surface area contributed by atoms with E-state index in [2.05, 4.69) is 10.6 Å². The van der Waals surface area contributed by atoms with Crippen molar-refractivity contribution in [2.24, 2.45) is 0 Å². The topological polar surface area (TPSA) is 98.7 Å². The minimum absolute atomic E-state index is 0.175. The number of amides is 3. The molecular formula is C15H23N3O4S. The molecule has 128 valence electrons. The summed E-state index contributed by atoms with van der Waals surface area (Å²) in [5, 5.41) is 14.7. The molecule has 7 nitrogen and oxygen atoms in total. The van der Waals surface area contributed by atoms with Crippen molar-refractivity contribution in [3.8, 4) is 0 Å². The lowest BCUT2D eigenvalue weighted by Gasteiger charge is -2.43. The number of hydrogen-bond donors (Lipinski definition) is 3. The molecule has 0 radical (unpaired) electrons. The van der Waals surface area contributed by atoms with Gasteiger partial charge >= 0.3 is 12.0 Å². The van der Waals surface area contributed by atoms with Gasteiger partial charge in [-0.2, -0.15) is 0 Å². The number of carbonyl (C=O) groups is 3. The highest BCUT2D eigenvalue weighted by atomic mass is 32.2. The van der Waals surface area contributed by atoms with Crippen LogP contribution in [0.5, 0.6) is 0 Å². The second-order valence-electron chi connectivity index (χ2n) is 7.03. The van der Waals surface area contributed by atoms with Gasteiger partial charge in [0.1, 0.15) is 17.5 Å². The van der Waals surface area contributed by atoms with Gasteiger partial charge in [0.05, 0.1) is 0 Å². The predicted molar refractivity (Wildman–Crippen MR) is 86.1 cm³/mol. The summed E-state index contributed by atoms with van der Waals surface area (Å²) in [6, 6.07) is -1.63. The number of hydrogen-bond acceptors (Lipinski definition) is 4. The zero-order valence-electron chi connectivity index (χ0n) is 13.4. The van der Waals surface area contributed by atoms with Crippen LogP contribution in [-0.2, 0) is 9.59 Å². The normalized spacial score (nSPS) is 32.9. The lowest BCUT2D eigenvalue weighted by atomic mass is 9.95. The highest BCUT2D eigenvalue weighted by Crippen LogP contribution is 2.50. The number of carboxylic acids is 1. The monoisotopic (exact) mass is 341 g/mol. The average molecular weight is 341 g/mol. The van der Waals surface area contributed by atoms with Crippen LogP contribution < -0.4 is 10.6 Å². The molecule has 2 aliphatic heterocycles. The van der Waals surface area contributed by atoms with E-state index in [1.54, 1.807) is 0 Å². The first kappa shape index (κ1) is 16.4. The Morgan fingerprint density at radius 3 is 2.48 bits per heavy atom.